The molecule has 0 aliphatic carbocycles. The lowest BCUT2D eigenvalue weighted by Gasteiger charge is -2.18. The first-order chi connectivity index (χ1) is 12.4. The Morgan fingerprint density at radius 3 is 2.00 bits per heavy atom. The third-order valence-corrected chi connectivity index (χ3v) is 3.03. The van der Waals surface area contributed by atoms with E-state index in [4.69, 9.17) is 11.6 Å². The molecule has 0 heterocycles. The number of hydrazine groups is 2. The second kappa shape index (κ2) is 12.6. The van der Waals surface area contributed by atoms with Gasteiger partial charge in [-0.15, -0.1) is 0 Å². The van der Waals surface area contributed by atoms with Crippen molar-refractivity contribution in [3.8, 4) is 0 Å². The smallest absolute Gasteiger partial charge is 0.355 e. The van der Waals surface area contributed by atoms with E-state index >= 15 is 0 Å². The van der Waals surface area contributed by atoms with Crippen LogP contribution in [0.5, 0.6) is 0 Å². The average Bonchev–Trinajstić information content (AvgIpc) is 2.65. The molecule has 0 radical (unpaired) electrons. The van der Waals surface area contributed by atoms with Crippen LogP contribution in [0.15, 0.2) is 48.5 Å². The van der Waals surface area contributed by atoms with Gasteiger partial charge in [-0.3, -0.25) is 5.84 Å². The largest absolute Gasteiger partial charge is 0.416 e. The van der Waals surface area contributed by atoms with E-state index in [1.807, 2.05) is 13.8 Å². The molecule has 0 aliphatic rings. The lowest BCUT2D eigenvalue weighted by Crippen LogP contribution is -2.44. The molecule has 2 rings (SSSR count). The molecule has 7 N–H and O–H groups in total. The number of hydrogen-bond acceptors (Lipinski definition) is 6. The first-order valence-corrected chi connectivity index (χ1v) is 8.76. The maximum absolute atomic E-state index is 12.5. The molecule has 26 heavy (non-hydrogen) atoms. The Morgan fingerprint density at radius 1 is 0.962 bits per heavy atom. The van der Waals surface area contributed by atoms with Crippen LogP contribution in [0, 0.1) is 0 Å². The normalized spacial score (nSPS) is 11.4. The number of nitrogens with two attached hydrogens (primary N) is 2. The Morgan fingerprint density at radius 2 is 1.50 bits per heavy atom. The second-order valence-electron chi connectivity index (χ2n) is 4.55. The summed E-state index contributed by atoms with van der Waals surface area (Å²) >= 11 is 3.53. The minimum Gasteiger partial charge on any atom is -0.355 e. The molecule has 0 aliphatic heterocycles. The molecule has 2 aromatic carbocycles. The Bertz CT molecular complexity index is 621. The number of alkyl halides is 3. The third-order valence-electron chi connectivity index (χ3n) is 3.03. The summed E-state index contributed by atoms with van der Waals surface area (Å²) in [5.74, 6) is 5.16. The van der Waals surface area contributed by atoms with Crippen molar-refractivity contribution in [2.45, 2.75) is 26.2 Å². The van der Waals surface area contributed by atoms with Gasteiger partial charge in [0.05, 0.1) is 11.7 Å². The summed E-state index contributed by atoms with van der Waals surface area (Å²) in [7, 11) is 0. The molecule has 2 aromatic rings. The predicted octanol–water partition coefficient (Wildman–Crippen LogP) is 3.95. The van der Waals surface area contributed by atoms with Gasteiger partial charge in [0.2, 0.25) is 0 Å². The van der Waals surface area contributed by atoms with E-state index in [0.717, 1.165) is 12.1 Å². The first kappa shape index (κ1) is 24.2. The highest BCUT2D eigenvalue weighted by Gasteiger charge is 2.29. The molecular formula is C17H26F3N5S. The second-order valence-corrected chi connectivity index (χ2v) is 4.55. The molecule has 0 fully saturated rings. The topological polar surface area (TPSA) is 88.1 Å². The van der Waals surface area contributed by atoms with Crippen molar-refractivity contribution in [2.24, 2.45) is 11.6 Å². The zero-order valence-corrected chi connectivity index (χ0v) is 15.8. The van der Waals surface area contributed by atoms with Gasteiger partial charge in [-0.05, 0) is 36.6 Å². The standard InChI is InChI=1S/C14H16F3N5.C2H6.CH4S/c15-14(16,17)9-5-7-10(8-6-9)20-12-4-2-1-3-11(12)13(18)21-22-19;2*1-2/h1-8,13,20-22H,18-19H2;1-2H3;2H,1H3. The summed E-state index contributed by atoms with van der Waals surface area (Å²) in [5.41, 5.74) is 12.0. The average molecular weight is 389 g/mol. The van der Waals surface area contributed by atoms with Crippen molar-refractivity contribution < 1.29 is 13.2 Å². The number of nitrogens with one attached hydrogen (secondary N) is 3. The zero-order chi connectivity index (χ0) is 20.2. The van der Waals surface area contributed by atoms with Crippen LogP contribution < -0.4 is 27.9 Å². The van der Waals surface area contributed by atoms with Crippen LogP contribution >= 0.6 is 12.6 Å². The monoisotopic (exact) mass is 389 g/mol. The summed E-state index contributed by atoms with van der Waals surface area (Å²) in [6, 6.07) is 11.9. The molecular weight excluding hydrogens is 363 g/mol. The van der Waals surface area contributed by atoms with Crippen LogP contribution in [0.2, 0.25) is 0 Å². The molecule has 5 nitrogen and oxygen atoms in total. The number of para-hydroxylation sites is 1. The van der Waals surface area contributed by atoms with Crippen LogP contribution in [0.1, 0.15) is 31.1 Å². The van der Waals surface area contributed by atoms with Crippen molar-refractivity contribution in [3.63, 3.8) is 0 Å². The molecule has 0 saturated carbocycles. The number of benzene rings is 2. The third kappa shape index (κ3) is 7.63. The summed E-state index contributed by atoms with van der Waals surface area (Å²) in [5, 5.41) is 3.03. The minimum atomic E-state index is -4.35. The fourth-order valence-electron chi connectivity index (χ4n) is 1.95. The Balaban J connectivity index is 0.00000146. The molecule has 0 bridgehead atoms. The molecule has 146 valence electrons. The molecule has 0 aromatic heterocycles. The van der Waals surface area contributed by atoms with Gasteiger partial charge in [-0.25, -0.2) is 5.43 Å². The highest BCUT2D eigenvalue weighted by molar-refractivity contribution is 7.79. The SMILES string of the molecule is CC.CS.NNNC(N)c1ccccc1Nc1ccc(C(F)(F)F)cc1. The van der Waals surface area contributed by atoms with Crippen LogP contribution in [0.3, 0.4) is 0 Å². The number of anilines is 2. The van der Waals surface area contributed by atoms with Gasteiger partial charge in [0.25, 0.3) is 0 Å². The van der Waals surface area contributed by atoms with Crippen molar-refractivity contribution in [1.82, 2.24) is 11.0 Å². The Hall–Kier alpha value is -1.78. The Labute approximate surface area is 157 Å². The van der Waals surface area contributed by atoms with E-state index in [1.54, 1.807) is 30.5 Å². The number of thiol groups is 1. The molecule has 0 spiro atoms. The van der Waals surface area contributed by atoms with Crippen LogP contribution in [0.4, 0.5) is 24.5 Å². The summed E-state index contributed by atoms with van der Waals surface area (Å²) in [4.78, 5) is 0. The van der Waals surface area contributed by atoms with E-state index < -0.39 is 17.9 Å². The van der Waals surface area contributed by atoms with Crippen LogP contribution in [-0.2, 0) is 6.18 Å². The van der Waals surface area contributed by atoms with Gasteiger partial charge in [0.1, 0.15) is 0 Å². The van der Waals surface area contributed by atoms with E-state index in [2.05, 4.69) is 28.9 Å². The fourth-order valence-corrected chi connectivity index (χ4v) is 1.95. The molecule has 9 heteroatoms. The maximum Gasteiger partial charge on any atom is 0.416 e. The van der Waals surface area contributed by atoms with E-state index in [1.165, 1.54) is 12.1 Å². The summed E-state index contributed by atoms with van der Waals surface area (Å²) in [6.45, 7) is 4.00. The van der Waals surface area contributed by atoms with Crippen molar-refractivity contribution in [1.29, 1.82) is 0 Å². The summed E-state index contributed by atoms with van der Waals surface area (Å²) < 4.78 is 37.6. The van der Waals surface area contributed by atoms with Crippen LogP contribution in [-0.4, -0.2) is 6.26 Å². The molecule has 0 amide bonds. The molecule has 0 saturated heterocycles. The van der Waals surface area contributed by atoms with Crippen molar-refractivity contribution in [2.75, 3.05) is 11.6 Å². The van der Waals surface area contributed by atoms with Crippen molar-refractivity contribution >= 4 is 24.0 Å². The fraction of sp³-hybridized carbons (Fsp3) is 0.294. The van der Waals surface area contributed by atoms with Gasteiger partial charge in [0, 0.05) is 16.9 Å². The van der Waals surface area contributed by atoms with Gasteiger partial charge in [0.15, 0.2) is 0 Å². The first-order valence-electron chi connectivity index (χ1n) is 7.86. The predicted molar refractivity (Wildman–Crippen MR) is 105 cm³/mol. The Kier molecular flexibility index (Phi) is 11.7. The lowest BCUT2D eigenvalue weighted by molar-refractivity contribution is -0.137. The van der Waals surface area contributed by atoms with Gasteiger partial charge in [-0.2, -0.15) is 31.3 Å². The molecule has 1 unspecified atom stereocenters. The van der Waals surface area contributed by atoms with Crippen molar-refractivity contribution in [3.05, 3.63) is 59.7 Å². The summed E-state index contributed by atoms with van der Waals surface area (Å²) in [6.07, 6.45) is -3.24. The van der Waals surface area contributed by atoms with Crippen LogP contribution in [0.25, 0.3) is 0 Å². The number of hydrogen-bond donors (Lipinski definition) is 6. The zero-order valence-electron chi connectivity index (χ0n) is 14.9. The number of rotatable bonds is 5. The van der Waals surface area contributed by atoms with E-state index in [0.29, 0.717) is 16.9 Å². The van der Waals surface area contributed by atoms with Gasteiger partial charge < -0.3 is 11.1 Å². The highest BCUT2D eigenvalue weighted by atomic mass is 32.1. The van der Waals surface area contributed by atoms with Gasteiger partial charge >= 0.3 is 6.18 Å². The highest BCUT2D eigenvalue weighted by Crippen LogP contribution is 2.31. The molecule has 1 atom stereocenters. The minimum absolute atomic E-state index is 0.522. The van der Waals surface area contributed by atoms with E-state index in [9.17, 15) is 13.2 Å². The quantitative estimate of drug-likeness (QED) is 0.202. The maximum atomic E-state index is 12.5. The number of halogens is 3. The lowest BCUT2D eigenvalue weighted by atomic mass is 10.1. The van der Waals surface area contributed by atoms with Gasteiger partial charge in [-0.1, -0.05) is 32.0 Å². The van der Waals surface area contributed by atoms with E-state index in [-0.39, 0.29) is 0 Å².